The Kier molecular flexibility index (Phi) is 28.8. The second-order valence-corrected chi connectivity index (χ2v) is 13.2. The van der Waals surface area contributed by atoms with E-state index in [1.807, 2.05) is 0 Å². The molecule has 0 N–H and O–H groups in total. The Bertz CT molecular complexity index is 575. The lowest BCUT2D eigenvalue weighted by Gasteiger charge is -2.39. The van der Waals surface area contributed by atoms with Crippen LogP contribution in [0.25, 0.3) is 0 Å². The van der Waals surface area contributed by atoms with Crippen molar-refractivity contribution in [1.82, 2.24) is 0 Å². The first kappa shape index (κ1) is 43.8. The van der Waals surface area contributed by atoms with Gasteiger partial charge in [0.1, 0.15) is 0 Å². The zero-order valence-electron chi connectivity index (χ0n) is 31.2. The second kappa shape index (κ2) is 28.9. The maximum atomic E-state index is 5.85. The number of rotatable bonds is 34. The van der Waals surface area contributed by atoms with Gasteiger partial charge < -0.3 is 28.4 Å². The van der Waals surface area contributed by atoms with Gasteiger partial charge in [0.05, 0.1) is 0 Å². The molecule has 0 aromatic heterocycles. The fourth-order valence-electron chi connectivity index (χ4n) is 7.20. The molecule has 0 amide bonds. The average Bonchev–Trinajstić information content (AvgIpc) is 3.05. The highest BCUT2D eigenvalue weighted by Crippen LogP contribution is 2.37. The van der Waals surface area contributed by atoms with Crippen LogP contribution >= 0.6 is 0 Å². The maximum Gasteiger partial charge on any atom is 0.285 e. The summed E-state index contributed by atoms with van der Waals surface area (Å²) in [5.74, 6) is -0.905. The van der Waals surface area contributed by atoms with Gasteiger partial charge >= 0.3 is 0 Å². The summed E-state index contributed by atoms with van der Waals surface area (Å²) in [6.45, 7) is 6.91. The van der Waals surface area contributed by atoms with E-state index in [2.05, 4.69) is 20.8 Å². The fraction of sp³-hybridized carbons (Fsp3) is 1.00. The van der Waals surface area contributed by atoms with Gasteiger partial charge in [-0.25, -0.2) is 0 Å². The van der Waals surface area contributed by atoms with Crippen LogP contribution in [0, 0.1) is 17.8 Å². The van der Waals surface area contributed by atoms with Crippen molar-refractivity contribution in [3.8, 4) is 0 Å². The van der Waals surface area contributed by atoms with Crippen LogP contribution in [-0.4, -0.2) is 54.6 Å². The summed E-state index contributed by atoms with van der Waals surface area (Å²) in [4.78, 5) is 0. The van der Waals surface area contributed by atoms with Crippen LogP contribution in [0.2, 0.25) is 0 Å². The number of ether oxygens (including phenoxy) is 6. The van der Waals surface area contributed by atoms with Gasteiger partial charge in [-0.2, -0.15) is 0 Å². The minimum Gasteiger partial charge on any atom is -0.331 e. The van der Waals surface area contributed by atoms with Crippen molar-refractivity contribution in [3.05, 3.63) is 0 Å². The highest BCUT2D eigenvalue weighted by Gasteiger charge is 2.42. The van der Waals surface area contributed by atoms with E-state index < -0.39 is 11.9 Å². The molecule has 0 saturated heterocycles. The molecular weight excluding hydrogens is 552 g/mol. The molecule has 6 nitrogen and oxygen atoms in total. The molecule has 3 atom stereocenters. The summed E-state index contributed by atoms with van der Waals surface area (Å²) < 4.78 is 34.9. The summed E-state index contributed by atoms with van der Waals surface area (Å²) in [5.41, 5.74) is 0. The summed E-state index contributed by atoms with van der Waals surface area (Å²) in [5, 5.41) is 0. The molecule has 6 heteroatoms. The van der Waals surface area contributed by atoms with Gasteiger partial charge in [0.15, 0.2) is 0 Å². The Hall–Kier alpha value is -0.240. The quantitative estimate of drug-likeness (QED) is 0.0521. The Morgan fingerprint density at radius 2 is 0.659 bits per heavy atom. The van der Waals surface area contributed by atoms with Crippen molar-refractivity contribution in [3.63, 3.8) is 0 Å². The normalized spacial score (nSPS) is 14.7. The van der Waals surface area contributed by atoms with Crippen molar-refractivity contribution in [2.24, 2.45) is 17.8 Å². The van der Waals surface area contributed by atoms with Gasteiger partial charge in [0, 0.05) is 54.5 Å². The Morgan fingerprint density at radius 3 is 1.00 bits per heavy atom. The van der Waals surface area contributed by atoms with Gasteiger partial charge in [-0.3, -0.25) is 0 Å². The topological polar surface area (TPSA) is 55.4 Å². The van der Waals surface area contributed by atoms with Crippen LogP contribution in [0.3, 0.4) is 0 Å². The third-order valence-corrected chi connectivity index (χ3v) is 10.1. The van der Waals surface area contributed by atoms with Gasteiger partial charge in [-0.05, 0) is 25.2 Å². The predicted octanol–water partition coefficient (Wildman–Crippen LogP) is 11.4. The molecule has 266 valence electrons. The average molecular weight is 631 g/mol. The van der Waals surface area contributed by atoms with E-state index >= 15 is 0 Å². The molecule has 0 aliphatic rings. The molecule has 0 rings (SSSR count). The molecule has 0 aliphatic carbocycles. The molecule has 0 aliphatic heterocycles. The van der Waals surface area contributed by atoms with E-state index in [0.717, 1.165) is 19.3 Å². The zero-order chi connectivity index (χ0) is 32.9. The summed E-state index contributed by atoms with van der Waals surface area (Å²) in [6.07, 6.45) is 30.3. The van der Waals surface area contributed by atoms with Gasteiger partial charge in [0.2, 0.25) is 0 Å². The Balaban J connectivity index is 4.60. The van der Waals surface area contributed by atoms with Crippen molar-refractivity contribution < 1.29 is 28.4 Å². The standard InChI is InChI=1S/C38H78O6/c1-10-12-14-16-18-23-27-31-35(37(39-4,40-5)41-6)32-28-24-21-20-22-26-30-34(3)36(38(42-7,43-8)44-9)33-29-25-19-17-15-13-11-2/h34-36H,10-33H2,1-9H3. The Labute approximate surface area is 275 Å². The van der Waals surface area contributed by atoms with E-state index in [4.69, 9.17) is 28.4 Å². The van der Waals surface area contributed by atoms with Crippen molar-refractivity contribution in [1.29, 1.82) is 0 Å². The zero-order valence-corrected chi connectivity index (χ0v) is 31.2. The molecular formula is C38H78O6. The first-order valence-electron chi connectivity index (χ1n) is 18.7. The Morgan fingerprint density at radius 1 is 0.364 bits per heavy atom. The molecule has 0 fully saturated rings. The van der Waals surface area contributed by atoms with Crippen LogP contribution in [0.15, 0.2) is 0 Å². The molecule has 0 heterocycles. The minimum atomic E-state index is -0.949. The second-order valence-electron chi connectivity index (χ2n) is 13.2. The number of hydrogen-bond acceptors (Lipinski definition) is 6. The lowest BCUT2D eigenvalue weighted by atomic mass is 9.83. The minimum absolute atomic E-state index is 0.231. The monoisotopic (exact) mass is 631 g/mol. The maximum absolute atomic E-state index is 5.85. The van der Waals surface area contributed by atoms with Crippen LogP contribution in [0.5, 0.6) is 0 Å². The SMILES string of the molecule is CCCCCCCCCC(CCCCCCCCC(C)C(CCCCCCCCC)C(OC)(OC)OC)C(OC)(OC)OC. The molecule has 0 radical (unpaired) electrons. The number of unbranched alkanes of at least 4 members (excludes halogenated alkanes) is 17. The van der Waals surface area contributed by atoms with Crippen LogP contribution in [-0.2, 0) is 28.4 Å². The third-order valence-electron chi connectivity index (χ3n) is 10.1. The third kappa shape index (κ3) is 17.6. The molecule has 0 aromatic rings. The van der Waals surface area contributed by atoms with E-state index in [-0.39, 0.29) is 11.8 Å². The smallest absolute Gasteiger partial charge is 0.285 e. The first-order chi connectivity index (χ1) is 21.4. The van der Waals surface area contributed by atoms with Crippen molar-refractivity contribution in [2.45, 2.75) is 187 Å². The van der Waals surface area contributed by atoms with E-state index in [9.17, 15) is 0 Å². The predicted molar refractivity (Wildman–Crippen MR) is 186 cm³/mol. The largest absolute Gasteiger partial charge is 0.331 e. The summed E-state index contributed by atoms with van der Waals surface area (Å²) in [6, 6.07) is 0. The lowest BCUT2D eigenvalue weighted by Crippen LogP contribution is -2.46. The van der Waals surface area contributed by atoms with E-state index in [1.165, 1.54) is 135 Å². The van der Waals surface area contributed by atoms with Gasteiger partial charge in [-0.1, -0.05) is 156 Å². The van der Waals surface area contributed by atoms with Gasteiger partial charge in [0.25, 0.3) is 11.9 Å². The molecule has 44 heavy (non-hydrogen) atoms. The summed E-state index contributed by atoms with van der Waals surface area (Å²) >= 11 is 0. The summed E-state index contributed by atoms with van der Waals surface area (Å²) in [7, 11) is 10.3. The van der Waals surface area contributed by atoms with Crippen LogP contribution < -0.4 is 0 Å². The molecule has 0 bridgehead atoms. The first-order valence-corrected chi connectivity index (χ1v) is 18.7. The molecule has 0 spiro atoms. The van der Waals surface area contributed by atoms with Crippen molar-refractivity contribution >= 4 is 0 Å². The number of methoxy groups -OCH3 is 6. The van der Waals surface area contributed by atoms with Crippen molar-refractivity contribution in [2.75, 3.05) is 42.7 Å². The van der Waals surface area contributed by atoms with E-state index in [0.29, 0.717) is 5.92 Å². The molecule has 3 unspecified atom stereocenters. The van der Waals surface area contributed by atoms with Crippen LogP contribution in [0.1, 0.15) is 175 Å². The highest BCUT2D eigenvalue weighted by atomic mass is 16.9. The molecule has 0 aromatic carbocycles. The van der Waals surface area contributed by atoms with Crippen LogP contribution in [0.4, 0.5) is 0 Å². The lowest BCUT2D eigenvalue weighted by molar-refractivity contribution is -0.385. The highest BCUT2D eigenvalue weighted by molar-refractivity contribution is 4.77. The molecule has 0 saturated carbocycles. The number of hydrogen-bond donors (Lipinski definition) is 0. The van der Waals surface area contributed by atoms with Gasteiger partial charge in [-0.15, -0.1) is 0 Å². The van der Waals surface area contributed by atoms with E-state index in [1.54, 1.807) is 42.7 Å². The fourth-order valence-corrected chi connectivity index (χ4v) is 7.20.